The fourth-order valence-electron chi connectivity index (χ4n) is 2.22. The lowest BCUT2D eigenvalue weighted by Gasteiger charge is -2.11. The van der Waals surface area contributed by atoms with Crippen molar-refractivity contribution in [3.8, 4) is 5.75 Å². The van der Waals surface area contributed by atoms with Crippen molar-refractivity contribution in [3.63, 3.8) is 0 Å². The quantitative estimate of drug-likeness (QED) is 0.785. The third-order valence-electron chi connectivity index (χ3n) is 3.50. The second-order valence-electron chi connectivity index (χ2n) is 5.18. The van der Waals surface area contributed by atoms with Gasteiger partial charge in [-0.3, -0.25) is 9.59 Å². The SMILES string of the molecule is C=CCNC(=O)C1CC1C(=O)Nc1cc(C)ccc1OC. The largest absolute Gasteiger partial charge is 0.495 e. The van der Waals surface area contributed by atoms with Crippen molar-refractivity contribution in [1.82, 2.24) is 5.32 Å². The molecule has 112 valence electrons. The number of hydrogen-bond donors (Lipinski definition) is 2. The van der Waals surface area contributed by atoms with Crippen LogP contribution in [0.3, 0.4) is 0 Å². The van der Waals surface area contributed by atoms with Gasteiger partial charge < -0.3 is 15.4 Å². The van der Waals surface area contributed by atoms with Crippen LogP contribution < -0.4 is 15.4 Å². The summed E-state index contributed by atoms with van der Waals surface area (Å²) in [6, 6.07) is 5.58. The molecular weight excluding hydrogens is 268 g/mol. The van der Waals surface area contributed by atoms with Crippen molar-refractivity contribution in [2.24, 2.45) is 11.8 Å². The van der Waals surface area contributed by atoms with Crippen LogP contribution >= 0.6 is 0 Å². The molecule has 5 nitrogen and oxygen atoms in total. The van der Waals surface area contributed by atoms with E-state index in [0.29, 0.717) is 24.4 Å². The Hall–Kier alpha value is -2.30. The maximum atomic E-state index is 12.2. The number of benzene rings is 1. The van der Waals surface area contributed by atoms with Crippen LogP contribution in [0.5, 0.6) is 5.75 Å². The van der Waals surface area contributed by atoms with Crippen molar-refractivity contribution < 1.29 is 14.3 Å². The van der Waals surface area contributed by atoms with Gasteiger partial charge in [-0.2, -0.15) is 0 Å². The van der Waals surface area contributed by atoms with E-state index in [4.69, 9.17) is 4.74 Å². The van der Waals surface area contributed by atoms with Crippen molar-refractivity contribution in [2.45, 2.75) is 13.3 Å². The standard InChI is InChI=1S/C16H20N2O3/c1-4-7-17-15(19)11-9-12(11)16(20)18-13-8-10(2)5-6-14(13)21-3/h4-6,8,11-12H,1,7,9H2,2-3H3,(H,17,19)(H,18,20). The molecule has 1 aliphatic carbocycles. The van der Waals surface area contributed by atoms with Gasteiger partial charge in [-0.25, -0.2) is 0 Å². The highest BCUT2D eigenvalue weighted by Crippen LogP contribution is 2.40. The molecule has 1 aromatic carbocycles. The molecule has 2 amide bonds. The molecule has 1 aliphatic rings. The van der Waals surface area contributed by atoms with Crippen molar-refractivity contribution in [3.05, 3.63) is 36.4 Å². The van der Waals surface area contributed by atoms with Gasteiger partial charge in [-0.1, -0.05) is 12.1 Å². The number of ether oxygens (including phenoxy) is 1. The molecule has 0 bridgehead atoms. The summed E-state index contributed by atoms with van der Waals surface area (Å²) in [5, 5.41) is 5.55. The topological polar surface area (TPSA) is 67.4 Å². The first kappa shape index (κ1) is 15.1. The minimum Gasteiger partial charge on any atom is -0.495 e. The molecule has 2 N–H and O–H groups in total. The van der Waals surface area contributed by atoms with Crippen LogP contribution in [-0.4, -0.2) is 25.5 Å². The average Bonchev–Trinajstić information content (AvgIpc) is 3.25. The zero-order valence-electron chi connectivity index (χ0n) is 12.3. The molecule has 0 aliphatic heterocycles. The van der Waals surface area contributed by atoms with Crippen molar-refractivity contribution in [1.29, 1.82) is 0 Å². The van der Waals surface area contributed by atoms with Gasteiger partial charge >= 0.3 is 0 Å². The summed E-state index contributed by atoms with van der Waals surface area (Å²) in [4.78, 5) is 23.9. The number of nitrogens with one attached hydrogen (secondary N) is 2. The molecule has 1 aromatic rings. The molecule has 1 saturated carbocycles. The van der Waals surface area contributed by atoms with Crippen molar-refractivity contribution in [2.75, 3.05) is 19.0 Å². The van der Waals surface area contributed by atoms with Crippen LogP contribution in [0, 0.1) is 18.8 Å². The third-order valence-corrected chi connectivity index (χ3v) is 3.50. The Labute approximate surface area is 124 Å². The smallest absolute Gasteiger partial charge is 0.228 e. The molecule has 0 radical (unpaired) electrons. The molecule has 2 unspecified atom stereocenters. The highest BCUT2D eigenvalue weighted by Gasteiger charge is 2.47. The number of aryl methyl sites for hydroxylation is 1. The first-order valence-electron chi connectivity index (χ1n) is 6.91. The normalized spacial score (nSPS) is 19.5. The zero-order valence-corrected chi connectivity index (χ0v) is 12.3. The van der Waals surface area contributed by atoms with Crippen LogP contribution in [0.4, 0.5) is 5.69 Å². The number of hydrogen-bond acceptors (Lipinski definition) is 3. The first-order chi connectivity index (χ1) is 10.1. The highest BCUT2D eigenvalue weighted by molar-refractivity contribution is 6.00. The lowest BCUT2D eigenvalue weighted by atomic mass is 10.2. The number of anilines is 1. The van der Waals surface area contributed by atoms with E-state index in [1.807, 2.05) is 25.1 Å². The van der Waals surface area contributed by atoms with Crippen LogP contribution in [0.2, 0.25) is 0 Å². The Morgan fingerprint density at radius 2 is 2.10 bits per heavy atom. The van der Waals surface area contributed by atoms with Gasteiger partial charge in [-0.15, -0.1) is 6.58 Å². The van der Waals surface area contributed by atoms with Gasteiger partial charge in [0.2, 0.25) is 11.8 Å². The molecule has 5 heteroatoms. The molecule has 0 heterocycles. The summed E-state index contributed by atoms with van der Waals surface area (Å²) < 4.78 is 5.22. The number of carbonyl (C=O) groups excluding carboxylic acids is 2. The number of carbonyl (C=O) groups is 2. The van der Waals surface area contributed by atoms with Gasteiger partial charge in [0.15, 0.2) is 0 Å². The first-order valence-corrected chi connectivity index (χ1v) is 6.91. The van der Waals surface area contributed by atoms with Crippen LogP contribution in [0.15, 0.2) is 30.9 Å². The van der Waals surface area contributed by atoms with E-state index in [1.165, 1.54) is 0 Å². The monoisotopic (exact) mass is 288 g/mol. The molecular formula is C16H20N2O3. The van der Waals surface area contributed by atoms with Gasteiger partial charge in [0.25, 0.3) is 0 Å². The van der Waals surface area contributed by atoms with Gasteiger partial charge in [0, 0.05) is 6.54 Å². The van der Waals surface area contributed by atoms with E-state index in [-0.39, 0.29) is 23.7 Å². The molecule has 0 saturated heterocycles. The number of rotatable bonds is 6. The van der Waals surface area contributed by atoms with E-state index in [0.717, 1.165) is 5.56 Å². The predicted molar refractivity (Wildman–Crippen MR) is 81.2 cm³/mol. The molecule has 1 fully saturated rings. The molecule has 21 heavy (non-hydrogen) atoms. The Morgan fingerprint density at radius 3 is 2.76 bits per heavy atom. The Balaban J connectivity index is 1.96. The average molecular weight is 288 g/mol. The fourth-order valence-corrected chi connectivity index (χ4v) is 2.22. The molecule has 2 atom stereocenters. The van der Waals surface area contributed by atoms with E-state index < -0.39 is 0 Å². The van der Waals surface area contributed by atoms with Crippen LogP contribution in [0.25, 0.3) is 0 Å². The Kier molecular flexibility index (Phi) is 4.62. The Bertz CT molecular complexity index is 569. The summed E-state index contributed by atoms with van der Waals surface area (Å²) in [6.45, 7) is 5.91. The van der Waals surface area contributed by atoms with Crippen LogP contribution in [-0.2, 0) is 9.59 Å². The second-order valence-corrected chi connectivity index (χ2v) is 5.18. The maximum Gasteiger partial charge on any atom is 0.228 e. The summed E-state index contributed by atoms with van der Waals surface area (Å²) in [5.41, 5.74) is 1.67. The maximum absolute atomic E-state index is 12.2. The summed E-state index contributed by atoms with van der Waals surface area (Å²) in [6.07, 6.45) is 2.20. The van der Waals surface area contributed by atoms with E-state index in [1.54, 1.807) is 13.2 Å². The van der Waals surface area contributed by atoms with Gasteiger partial charge in [0.05, 0.1) is 24.6 Å². The highest BCUT2D eigenvalue weighted by atomic mass is 16.5. The minimum absolute atomic E-state index is 0.0914. The number of methoxy groups -OCH3 is 1. The third kappa shape index (κ3) is 3.62. The summed E-state index contributed by atoms with van der Waals surface area (Å²) in [7, 11) is 1.56. The van der Waals surface area contributed by atoms with E-state index >= 15 is 0 Å². The van der Waals surface area contributed by atoms with E-state index in [2.05, 4.69) is 17.2 Å². The second kappa shape index (κ2) is 6.43. The van der Waals surface area contributed by atoms with E-state index in [9.17, 15) is 9.59 Å². The minimum atomic E-state index is -0.264. The van der Waals surface area contributed by atoms with Crippen LogP contribution in [0.1, 0.15) is 12.0 Å². The predicted octanol–water partition coefficient (Wildman–Crippen LogP) is 1.88. The molecule has 2 rings (SSSR count). The summed E-state index contributed by atoms with van der Waals surface area (Å²) in [5.74, 6) is -0.119. The Morgan fingerprint density at radius 1 is 1.38 bits per heavy atom. The van der Waals surface area contributed by atoms with Gasteiger partial charge in [-0.05, 0) is 31.0 Å². The lowest BCUT2D eigenvalue weighted by Crippen LogP contribution is -2.27. The van der Waals surface area contributed by atoms with Crippen molar-refractivity contribution >= 4 is 17.5 Å². The molecule has 0 aromatic heterocycles. The summed E-state index contributed by atoms with van der Waals surface area (Å²) >= 11 is 0. The zero-order chi connectivity index (χ0) is 15.4. The lowest BCUT2D eigenvalue weighted by molar-refractivity contribution is -0.125. The molecule has 0 spiro atoms. The van der Waals surface area contributed by atoms with Gasteiger partial charge in [0.1, 0.15) is 5.75 Å². The number of amides is 2. The fraction of sp³-hybridized carbons (Fsp3) is 0.375.